The zero-order valence-electron chi connectivity index (χ0n) is 8.00. The van der Waals surface area contributed by atoms with Gasteiger partial charge in [-0.3, -0.25) is 10.1 Å². The summed E-state index contributed by atoms with van der Waals surface area (Å²) in [5.41, 5.74) is 0.795. The first-order valence-electron chi connectivity index (χ1n) is 4.24. The molecule has 0 atom stereocenters. The van der Waals surface area contributed by atoms with Crippen molar-refractivity contribution in [3.05, 3.63) is 52.6 Å². The van der Waals surface area contributed by atoms with Crippen molar-refractivity contribution in [1.82, 2.24) is 0 Å². The van der Waals surface area contributed by atoms with Crippen LogP contribution in [0.15, 0.2) is 42.1 Å². The zero-order valence-corrected chi connectivity index (χ0v) is 8.00. The molecule has 78 valence electrons. The van der Waals surface area contributed by atoms with Crippen molar-refractivity contribution in [2.45, 2.75) is 0 Å². The topological polar surface area (TPSA) is 64.7 Å². The highest BCUT2D eigenvalue weighted by Gasteiger charge is 2.02. The van der Waals surface area contributed by atoms with Crippen molar-refractivity contribution in [1.29, 1.82) is 0 Å². The van der Waals surface area contributed by atoms with E-state index in [0.29, 0.717) is 6.61 Å². The quantitative estimate of drug-likeness (QED) is 0.244. The van der Waals surface area contributed by atoms with E-state index < -0.39 is 4.92 Å². The Morgan fingerprint density at radius 3 is 2.67 bits per heavy atom. The lowest BCUT2D eigenvalue weighted by Crippen LogP contribution is -1.89. The first-order valence-corrected chi connectivity index (χ1v) is 4.24. The third-order valence-electron chi connectivity index (χ3n) is 1.57. The minimum absolute atomic E-state index is 0.0548. The van der Waals surface area contributed by atoms with E-state index in [0.717, 1.165) is 5.56 Å². The van der Waals surface area contributed by atoms with Crippen LogP contribution in [-0.4, -0.2) is 17.7 Å². The summed E-state index contributed by atoms with van der Waals surface area (Å²) in [6.07, 6.45) is 3.06. The molecule has 0 aliphatic carbocycles. The molecule has 0 aromatic heterocycles. The number of oxime groups is 1. The van der Waals surface area contributed by atoms with Crippen LogP contribution < -0.4 is 0 Å². The second-order valence-electron chi connectivity index (χ2n) is 2.67. The van der Waals surface area contributed by atoms with Crippen LogP contribution in [0.3, 0.4) is 0 Å². The molecule has 0 fully saturated rings. The Labute approximate surface area is 86.8 Å². The number of nitro groups is 1. The van der Waals surface area contributed by atoms with Crippen LogP contribution in [0.4, 0.5) is 5.69 Å². The van der Waals surface area contributed by atoms with Crippen molar-refractivity contribution in [2.24, 2.45) is 5.16 Å². The molecule has 1 aromatic carbocycles. The minimum Gasteiger partial charge on any atom is -0.392 e. The summed E-state index contributed by atoms with van der Waals surface area (Å²) in [6.45, 7) is 3.80. The van der Waals surface area contributed by atoms with Gasteiger partial charge in [-0.05, 0) is 17.7 Å². The van der Waals surface area contributed by atoms with E-state index in [1.165, 1.54) is 18.3 Å². The minimum atomic E-state index is -0.449. The number of non-ortho nitro benzene ring substituents is 1. The van der Waals surface area contributed by atoms with Crippen molar-refractivity contribution in [2.75, 3.05) is 6.61 Å². The molecule has 0 aliphatic rings. The summed E-state index contributed by atoms with van der Waals surface area (Å²) >= 11 is 0. The predicted octanol–water partition coefficient (Wildman–Crippen LogP) is 2.13. The molecule has 0 spiro atoms. The van der Waals surface area contributed by atoms with Gasteiger partial charge in [-0.2, -0.15) is 0 Å². The summed E-state index contributed by atoms with van der Waals surface area (Å²) < 4.78 is 0. The van der Waals surface area contributed by atoms with Gasteiger partial charge in [0.05, 0.1) is 11.1 Å². The molecule has 15 heavy (non-hydrogen) atoms. The molecule has 0 saturated carbocycles. The normalized spacial score (nSPS) is 10.1. The molecule has 0 aliphatic heterocycles. The van der Waals surface area contributed by atoms with E-state index in [2.05, 4.69) is 11.7 Å². The summed E-state index contributed by atoms with van der Waals surface area (Å²) in [4.78, 5) is 14.7. The predicted molar refractivity (Wildman–Crippen MR) is 56.8 cm³/mol. The molecule has 0 heterocycles. The molecule has 0 saturated heterocycles. The van der Waals surface area contributed by atoms with Gasteiger partial charge < -0.3 is 4.84 Å². The molecule has 1 rings (SSSR count). The maximum Gasteiger partial charge on any atom is 0.269 e. The molecule has 0 amide bonds. The molecule has 5 heteroatoms. The monoisotopic (exact) mass is 206 g/mol. The van der Waals surface area contributed by atoms with E-state index in [9.17, 15) is 10.1 Å². The van der Waals surface area contributed by atoms with Crippen LogP contribution in [0.25, 0.3) is 0 Å². The molecular weight excluding hydrogens is 196 g/mol. The highest BCUT2D eigenvalue weighted by molar-refractivity contribution is 5.79. The molecule has 0 radical (unpaired) electrons. The van der Waals surface area contributed by atoms with Crippen molar-refractivity contribution >= 4 is 11.9 Å². The van der Waals surface area contributed by atoms with Gasteiger partial charge in [-0.15, -0.1) is 0 Å². The fourth-order valence-electron chi connectivity index (χ4n) is 0.876. The largest absolute Gasteiger partial charge is 0.392 e. The Hall–Kier alpha value is -2.17. The lowest BCUT2D eigenvalue weighted by molar-refractivity contribution is -0.384. The fourth-order valence-corrected chi connectivity index (χ4v) is 0.876. The summed E-state index contributed by atoms with van der Waals surface area (Å²) in [5, 5.41) is 14.0. The van der Waals surface area contributed by atoms with Crippen LogP contribution in [0.5, 0.6) is 0 Å². The number of hydrogen-bond donors (Lipinski definition) is 0. The lowest BCUT2D eigenvalue weighted by atomic mass is 10.2. The number of nitro benzene ring substituents is 1. The van der Waals surface area contributed by atoms with Crippen molar-refractivity contribution in [3.8, 4) is 0 Å². The highest BCUT2D eigenvalue weighted by Crippen LogP contribution is 2.10. The second kappa shape index (κ2) is 5.54. The molecular formula is C10H10N2O3. The fraction of sp³-hybridized carbons (Fsp3) is 0.100. The maximum atomic E-state index is 10.3. The maximum absolute atomic E-state index is 10.3. The number of nitrogens with zero attached hydrogens (tertiary/aromatic N) is 2. The van der Waals surface area contributed by atoms with Crippen LogP contribution in [0.2, 0.25) is 0 Å². The average Bonchev–Trinajstić information content (AvgIpc) is 2.25. The number of hydrogen-bond acceptors (Lipinski definition) is 4. The summed E-state index contributed by atoms with van der Waals surface area (Å²) in [6, 6.07) is 6.02. The number of benzene rings is 1. The second-order valence-corrected chi connectivity index (χ2v) is 2.67. The molecule has 5 nitrogen and oxygen atoms in total. The van der Waals surface area contributed by atoms with Gasteiger partial charge in [0.2, 0.25) is 0 Å². The van der Waals surface area contributed by atoms with Gasteiger partial charge in [0, 0.05) is 12.1 Å². The van der Waals surface area contributed by atoms with Gasteiger partial charge in [-0.25, -0.2) is 0 Å². The Bertz CT molecular complexity index is 371. The smallest absolute Gasteiger partial charge is 0.269 e. The van der Waals surface area contributed by atoms with Crippen LogP contribution in [-0.2, 0) is 4.84 Å². The van der Waals surface area contributed by atoms with Crippen molar-refractivity contribution in [3.63, 3.8) is 0 Å². The van der Waals surface area contributed by atoms with Gasteiger partial charge in [0.25, 0.3) is 5.69 Å². The van der Waals surface area contributed by atoms with Gasteiger partial charge in [0.1, 0.15) is 6.61 Å². The zero-order chi connectivity index (χ0) is 11.1. The Balaban J connectivity index is 2.60. The first kappa shape index (κ1) is 10.9. The van der Waals surface area contributed by atoms with E-state index >= 15 is 0 Å². The van der Waals surface area contributed by atoms with Crippen LogP contribution in [0, 0.1) is 10.1 Å². The van der Waals surface area contributed by atoms with E-state index in [4.69, 9.17) is 4.84 Å². The van der Waals surface area contributed by atoms with Crippen LogP contribution >= 0.6 is 0 Å². The molecule has 0 bridgehead atoms. The third-order valence-corrected chi connectivity index (χ3v) is 1.57. The summed E-state index contributed by atoms with van der Waals surface area (Å²) in [5.74, 6) is 0. The first-order chi connectivity index (χ1) is 7.24. The van der Waals surface area contributed by atoms with E-state index in [1.807, 2.05) is 0 Å². The third kappa shape index (κ3) is 3.60. The Kier molecular flexibility index (Phi) is 4.03. The SMILES string of the molecule is C=CCO/N=C/c1ccc([N+](=O)[O-])cc1. The average molecular weight is 206 g/mol. The van der Waals surface area contributed by atoms with Crippen molar-refractivity contribution < 1.29 is 9.76 Å². The van der Waals surface area contributed by atoms with E-state index in [-0.39, 0.29) is 5.69 Å². The van der Waals surface area contributed by atoms with Gasteiger partial charge in [-0.1, -0.05) is 17.8 Å². The Morgan fingerprint density at radius 2 is 2.13 bits per heavy atom. The standard InChI is InChI=1S/C10H10N2O3/c1-2-7-15-11-8-9-3-5-10(6-4-9)12(13)14/h2-6,8H,1,7H2/b11-8+. The lowest BCUT2D eigenvalue weighted by Gasteiger charge is -1.93. The van der Waals surface area contributed by atoms with Gasteiger partial charge in [0.15, 0.2) is 0 Å². The molecule has 0 unspecified atom stereocenters. The number of rotatable bonds is 5. The van der Waals surface area contributed by atoms with E-state index in [1.54, 1.807) is 18.2 Å². The molecule has 0 N–H and O–H groups in total. The van der Waals surface area contributed by atoms with Gasteiger partial charge >= 0.3 is 0 Å². The Morgan fingerprint density at radius 1 is 1.47 bits per heavy atom. The summed E-state index contributed by atoms with van der Waals surface area (Å²) in [7, 11) is 0. The highest BCUT2D eigenvalue weighted by atomic mass is 16.6. The van der Waals surface area contributed by atoms with Crippen LogP contribution in [0.1, 0.15) is 5.56 Å². The molecule has 1 aromatic rings.